The summed E-state index contributed by atoms with van der Waals surface area (Å²) in [7, 11) is 0. The second-order valence-electron chi connectivity index (χ2n) is 5.31. The van der Waals surface area contributed by atoms with E-state index in [0.717, 1.165) is 16.0 Å². The third-order valence-electron chi connectivity index (χ3n) is 3.42. The van der Waals surface area contributed by atoms with Gasteiger partial charge in [-0.2, -0.15) is 5.10 Å². The average molecular weight is 359 g/mol. The minimum absolute atomic E-state index is 0.237. The fourth-order valence-electron chi connectivity index (χ4n) is 2.12. The van der Waals surface area contributed by atoms with Gasteiger partial charge in [-0.05, 0) is 36.4 Å². The standard InChI is InChI=1S/C18H21N3O3S/c1-3-24-18(23)20-15(11-14-7-5-4-6-8-14)17(22)21-19-12-16-13(2)9-10-25-16/h4-10,12,15H,3,11H2,1-2H3,(H,20,23)(H,21,22)/b19-12-/t15-/m1/s1. The van der Waals surface area contributed by atoms with Gasteiger partial charge in [-0.15, -0.1) is 11.3 Å². The Bertz CT molecular complexity index is 728. The number of hydrogen-bond donors (Lipinski definition) is 2. The van der Waals surface area contributed by atoms with E-state index in [2.05, 4.69) is 15.8 Å². The average Bonchev–Trinajstić information content (AvgIpc) is 3.00. The zero-order chi connectivity index (χ0) is 18.1. The molecule has 132 valence electrons. The molecule has 1 aromatic carbocycles. The summed E-state index contributed by atoms with van der Waals surface area (Å²) in [5.41, 5.74) is 4.50. The van der Waals surface area contributed by atoms with Crippen LogP contribution in [0.25, 0.3) is 0 Å². The van der Waals surface area contributed by atoms with Crippen molar-refractivity contribution in [3.8, 4) is 0 Å². The van der Waals surface area contributed by atoms with Gasteiger partial charge in [-0.1, -0.05) is 30.3 Å². The maximum absolute atomic E-state index is 12.4. The number of aryl methyl sites for hydroxylation is 1. The highest BCUT2D eigenvalue weighted by atomic mass is 32.1. The minimum atomic E-state index is -0.775. The van der Waals surface area contributed by atoms with Crippen LogP contribution in [0.15, 0.2) is 46.9 Å². The molecule has 25 heavy (non-hydrogen) atoms. The van der Waals surface area contributed by atoms with Crippen LogP contribution in [-0.2, 0) is 16.0 Å². The lowest BCUT2D eigenvalue weighted by atomic mass is 10.1. The summed E-state index contributed by atoms with van der Waals surface area (Å²) in [4.78, 5) is 25.1. The van der Waals surface area contributed by atoms with E-state index in [9.17, 15) is 9.59 Å². The van der Waals surface area contributed by atoms with Crippen LogP contribution in [0.3, 0.4) is 0 Å². The van der Waals surface area contributed by atoms with Crippen LogP contribution in [-0.4, -0.2) is 30.9 Å². The van der Waals surface area contributed by atoms with E-state index >= 15 is 0 Å². The molecule has 6 nitrogen and oxygen atoms in total. The van der Waals surface area contributed by atoms with E-state index in [1.807, 2.05) is 48.7 Å². The van der Waals surface area contributed by atoms with Crippen LogP contribution in [0.2, 0.25) is 0 Å². The largest absolute Gasteiger partial charge is 0.450 e. The lowest BCUT2D eigenvalue weighted by molar-refractivity contribution is -0.123. The van der Waals surface area contributed by atoms with Gasteiger partial charge in [-0.3, -0.25) is 4.79 Å². The number of carbonyl (C=O) groups is 2. The molecule has 7 heteroatoms. The van der Waals surface area contributed by atoms with Crippen molar-refractivity contribution in [3.63, 3.8) is 0 Å². The third kappa shape index (κ3) is 6.04. The predicted octanol–water partition coefficient (Wildman–Crippen LogP) is 2.86. The normalized spacial score (nSPS) is 11.9. The lowest BCUT2D eigenvalue weighted by Crippen LogP contribution is -2.47. The van der Waals surface area contributed by atoms with E-state index < -0.39 is 18.0 Å². The molecule has 1 aromatic heterocycles. The number of hydrazone groups is 1. The molecule has 1 atom stereocenters. The number of alkyl carbamates (subject to hydrolysis) is 1. The Morgan fingerprint density at radius 2 is 2.04 bits per heavy atom. The van der Waals surface area contributed by atoms with Gasteiger partial charge in [0.25, 0.3) is 5.91 Å². The molecule has 0 saturated heterocycles. The summed E-state index contributed by atoms with van der Waals surface area (Å²) in [6, 6.07) is 10.7. The fourth-order valence-corrected chi connectivity index (χ4v) is 2.91. The first-order chi connectivity index (χ1) is 12.1. The molecule has 0 aliphatic rings. The maximum atomic E-state index is 12.4. The number of thiophene rings is 1. The number of hydrogen-bond acceptors (Lipinski definition) is 5. The topological polar surface area (TPSA) is 79.8 Å². The summed E-state index contributed by atoms with van der Waals surface area (Å²) < 4.78 is 4.87. The van der Waals surface area contributed by atoms with Crippen LogP contribution >= 0.6 is 11.3 Å². The number of nitrogens with zero attached hydrogens (tertiary/aromatic N) is 1. The molecule has 2 aromatic rings. The maximum Gasteiger partial charge on any atom is 0.407 e. The van der Waals surface area contributed by atoms with E-state index in [1.54, 1.807) is 13.1 Å². The van der Waals surface area contributed by atoms with Gasteiger partial charge in [-0.25, -0.2) is 10.2 Å². The molecule has 2 rings (SSSR count). The van der Waals surface area contributed by atoms with E-state index in [4.69, 9.17) is 4.74 Å². The summed E-state index contributed by atoms with van der Waals surface area (Å²) >= 11 is 1.54. The van der Waals surface area contributed by atoms with Crippen LogP contribution in [0, 0.1) is 6.92 Å². The SMILES string of the molecule is CCOC(=O)N[C@H](Cc1ccccc1)C(=O)N/N=C\c1sccc1C. The van der Waals surface area contributed by atoms with Gasteiger partial charge in [0.1, 0.15) is 6.04 Å². The van der Waals surface area contributed by atoms with Gasteiger partial charge >= 0.3 is 6.09 Å². The summed E-state index contributed by atoms with van der Waals surface area (Å²) in [5, 5.41) is 8.52. The number of amides is 2. The highest BCUT2D eigenvalue weighted by Crippen LogP contribution is 2.12. The van der Waals surface area contributed by atoms with Crippen molar-refractivity contribution in [3.05, 3.63) is 57.8 Å². The summed E-state index contributed by atoms with van der Waals surface area (Å²) in [6.45, 7) is 3.92. The summed E-state index contributed by atoms with van der Waals surface area (Å²) in [5.74, 6) is -0.401. The molecule has 0 radical (unpaired) electrons. The Balaban J connectivity index is 2.02. The van der Waals surface area contributed by atoms with Gasteiger partial charge in [0, 0.05) is 11.3 Å². The smallest absolute Gasteiger partial charge is 0.407 e. The summed E-state index contributed by atoms with van der Waals surface area (Å²) in [6.07, 6.45) is 1.32. The van der Waals surface area contributed by atoms with E-state index in [1.165, 1.54) is 11.3 Å². The van der Waals surface area contributed by atoms with Crippen molar-refractivity contribution >= 4 is 29.6 Å². The third-order valence-corrected chi connectivity index (χ3v) is 4.38. The Kier molecular flexibility index (Phi) is 7.16. The zero-order valence-corrected chi connectivity index (χ0v) is 15.0. The van der Waals surface area contributed by atoms with Crippen molar-refractivity contribution in [2.24, 2.45) is 5.10 Å². The second-order valence-corrected chi connectivity index (χ2v) is 6.26. The number of ether oxygens (including phenoxy) is 1. The molecule has 2 N–H and O–H groups in total. The predicted molar refractivity (Wildman–Crippen MR) is 98.9 cm³/mol. The van der Waals surface area contributed by atoms with Gasteiger partial charge in [0.2, 0.25) is 0 Å². The molecule has 2 amide bonds. The van der Waals surface area contributed by atoms with E-state index in [0.29, 0.717) is 6.42 Å². The zero-order valence-electron chi connectivity index (χ0n) is 14.2. The Morgan fingerprint density at radius 3 is 2.68 bits per heavy atom. The molecule has 0 aliphatic heterocycles. The molecule has 0 bridgehead atoms. The van der Waals surface area contributed by atoms with E-state index in [-0.39, 0.29) is 6.61 Å². The van der Waals surface area contributed by atoms with Gasteiger partial charge in [0.15, 0.2) is 0 Å². The number of nitrogens with one attached hydrogen (secondary N) is 2. The number of carbonyl (C=O) groups excluding carboxylic acids is 2. The fraction of sp³-hybridized carbons (Fsp3) is 0.278. The molecule has 0 saturated carbocycles. The van der Waals surface area contributed by atoms with Crippen molar-refractivity contribution < 1.29 is 14.3 Å². The quantitative estimate of drug-likeness (QED) is 0.589. The lowest BCUT2D eigenvalue weighted by Gasteiger charge is -2.16. The van der Waals surface area contributed by atoms with Crippen molar-refractivity contribution in [2.75, 3.05) is 6.61 Å². The Hall–Kier alpha value is -2.67. The number of benzene rings is 1. The monoisotopic (exact) mass is 359 g/mol. The first-order valence-corrected chi connectivity index (χ1v) is 8.82. The highest BCUT2D eigenvalue weighted by Gasteiger charge is 2.21. The first-order valence-electron chi connectivity index (χ1n) is 7.94. The van der Waals surface area contributed by atoms with Crippen LogP contribution in [0.5, 0.6) is 0 Å². The molecular weight excluding hydrogens is 338 g/mol. The van der Waals surface area contributed by atoms with Gasteiger partial charge in [0.05, 0.1) is 12.8 Å². The van der Waals surface area contributed by atoms with Crippen LogP contribution in [0.1, 0.15) is 22.9 Å². The molecule has 0 spiro atoms. The number of rotatable bonds is 7. The first kappa shape index (κ1) is 18.7. The Labute approximate surface area is 150 Å². The molecule has 0 fully saturated rings. The van der Waals surface area contributed by atoms with Crippen LogP contribution < -0.4 is 10.7 Å². The molecule has 0 unspecified atom stereocenters. The molecular formula is C18H21N3O3S. The van der Waals surface area contributed by atoms with Crippen molar-refractivity contribution in [1.29, 1.82) is 0 Å². The highest BCUT2D eigenvalue weighted by molar-refractivity contribution is 7.11. The Morgan fingerprint density at radius 1 is 1.28 bits per heavy atom. The second kappa shape index (κ2) is 9.58. The molecule has 0 aliphatic carbocycles. The molecule has 1 heterocycles. The van der Waals surface area contributed by atoms with Gasteiger partial charge < -0.3 is 10.1 Å². The van der Waals surface area contributed by atoms with Crippen molar-refractivity contribution in [2.45, 2.75) is 26.3 Å². The minimum Gasteiger partial charge on any atom is -0.450 e. The van der Waals surface area contributed by atoms with Crippen molar-refractivity contribution in [1.82, 2.24) is 10.7 Å². The van der Waals surface area contributed by atoms with Crippen LogP contribution in [0.4, 0.5) is 4.79 Å².